The summed E-state index contributed by atoms with van der Waals surface area (Å²) in [5.74, 6) is -4.60. The number of hydrogen-bond acceptors (Lipinski definition) is 14. The van der Waals surface area contributed by atoms with Gasteiger partial charge >= 0.3 is 17.9 Å². The fraction of sp³-hybridized carbons (Fsp3) is 0.795. The van der Waals surface area contributed by atoms with E-state index in [4.69, 9.17) is 28.4 Å². The number of nitrogens with zero attached hydrogens (tertiary/aromatic N) is 1. The number of methoxy groups -OCH3 is 2. The highest BCUT2D eigenvalue weighted by atomic mass is 16.6. The van der Waals surface area contributed by atoms with Crippen LogP contribution in [-0.4, -0.2) is 130 Å². The second-order valence-electron chi connectivity index (χ2n) is 19.4. The number of benzene rings is 1. The molecule has 3 heterocycles. The number of aliphatic hydroxyl groups is 4. The minimum absolute atomic E-state index is 0.0987. The number of piperidine rings is 2. The van der Waals surface area contributed by atoms with Gasteiger partial charge in [0, 0.05) is 43.3 Å². The molecule has 4 bridgehead atoms. The van der Waals surface area contributed by atoms with E-state index in [1.807, 2.05) is 13.8 Å². The first-order chi connectivity index (χ1) is 27.3. The Hall–Kier alpha value is -3.01. The quantitative estimate of drug-likeness (QED) is 0.221. The van der Waals surface area contributed by atoms with Gasteiger partial charge in [-0.2, -0.15) is 0 Å². The summed E-state index contributed by atoms with van der Waals surface area (Å²) in [6, 6.07) is 4.47. The van der Waals surface area contributed by atoms with Crippen molar-refractivity contribution in [2.45, 2.75) is 139 Å². The van der Waals surface area contributed by atoms with Crippen molar-refractivity contribution in [3.05, 3.63) is 23.8 Å². The summed E-state index contributed by atoms with van der Waals surface area (Å²) < 4.78 is 36.4. The van der Waals surface area contributed by atoms with E-state index in [0.717, 1.165) is 19.4 Å². The molecule has 1 unspecified atom stereocenters. The summed E-state index contributed by atoms with van der Waals surface area (Å²) in [6.07, 6.45) is -1.71. The van der Waals surface area contributed by atoms with E-state index >= 15 is 0 Å². The Kier molecular flexibility index (Phi) is 10.3. The summed E-state index contributed by atoms with van der Waals surface area (Å²) in [6.45, 7) is 11.9. The first kappa shape index (κ1) is 41.7. The Morgan fingerprint density at radius 3 is 2.40 bits per heavy atom. The number of hydrogen-bond donors (Lipinski definition) is 4. The van der Waals surface area contributed by atoms with E-state index in [1.54, 1.807) is 26.0 Å². The van der Waals surface area contributed by atoms with Crippen LogP contribution >= 0.6 is 0 Å². The van der Waals surface area contributed by atoms with Crippen LogP contribution in [0.2, 0.25) is 0 Å². The lowest BCUT2D eigenvalue weighted by atomic mass is 9.43. The number of rotatable bonds is 8. The van der Waals surface area contributed by atoms with E-state index < -0.39 is 106 Å². The average molecular weight is 814 g/mol. The van der Waals surface area contributed by atoms with Crippen LogP contribution in [0.5, 0.6) is 11.5 Å². The van der Waals surface area contributed by atoms with Crippen molar-refractivity contribution < 1.29 is 63.2 Å². The van der Waals surface area contributed by atoms with E-state index in [2.05, 4.69) is 11.8 Å². The first-order valence-electron chi connectivity index (χ1n) is 21.4. The summed E-state index contributed by atoms with van der Waals surface area (Å²) in [5, 5.41) is 51.8. The minimum atomic E-state index is -1.95. The lowest BCUT2D eigenvalue weighted by Crippen LogP contribution is -2.80. The van der Waals surface area contributed by atoms with E-state index in [9.17, 15) is 34.8 Å². The SMILES string of the molecule is CCC(C)C(=O)O[C@H]1[C@H](O)[C@H]2[C@@H](CN3C[C@@H](C)CC[C@H]3[C@@]2(C)O)[C@@H]2C[C@]34OC[C@@]5(O)[C@@H](OC(=O)c6ccc(OC)c(OC)c6)CC[C@@]3(C)[C@@H]5C[C@@H](OC(C)=O)[C@H]4[C@@]21O. The van der Waals surface area contributed by atoms with Crippen molar-refractivity contribution in [1.29, 1.82) is 0 Å². The van der Waals surface area contributed by atoms with Gasteiger partial charge < -0.3 is 48.8 Å². The highest BCUT2D eigenvalue weighted by Gasteiger charge is 2.85. The maximum atomic E-state index is 13.8. The molecule has 4 aliphatic carbocycles. The molecule has 14 heteroatoms. The van der Waals surface area contributed by atoms with Gasteiger partial charge in [0.2, 0.25) is 0 Å². The molecule has 0 amide bonds. The Morgan fingerprint density at radius 1 is 1.00 bits per heavy atom. The monoisotopic (exact) mass is 813 g/mol. The second-order valence-corrected chi connectivity index (χ2v) is 19.4. The van der Waals surface area contributed by atoms with Crippen molar-refractivity contribution >= 4 is 17.9 Å². The number of esters is 3. The van der Waals surface area contributed by atoms with Gasteiger partial charge in [-0.25, -0.2) is 4.79 Å². The van der Waals surface area contributed by atoms with Gasteiger partial charge in [0.25, 0.3) is 0 Å². The van der Waals surface area contributed by atoms with Crippen LogP contribution in [0.3, 0.4) is 0 Å². The van der Waals surface area contributed by atoms with Crippen molar-refractivity contribution in [1.82, 2.24) is 4.90 Å². The molecule has 4 saturated carbocycles. The van der Waals surface area contributed by atoms with Gasteiger partial charge in [0.15, 0.2) is 17.6 Å². The highest BCUT2D eigenvalue weighted by molar-refractivity contribution is 5.90. The van der Waals surface area contributed by atoms with Crippen molar-refractivity contribution in [3.8, 4) is 11.5 Å². The Labute approximate surface area is 340 Å². The fourth-order valence-corrected chi connectivity index (χ4v) is 13.8. The van der Waals surface area contributed by atoms with Crippen molar-refractivity contribution in [2.75, 3.05) is 33.9 Å². The van der Waals surface area contributed by atoms with Crippen LogP contribution in [0.1, 0.15) is 96.8 Å². The summed E-state index contributed by atoms with van der Waals surface area (Å²) >= 11 is 0. The predicted molar refractivity (Wildman–Crippen MR) is 207 cm³/mol. The minimum Gasteiger partial charge on any atom is -0.493 e. The van der Waals surface area contributed by atoms with E-state index in [0.29, 0.717) is 36.8 Å². The third-order valence-corrected chi connectivity index (χ3v) is 16.6. The standard InChI is InChI=1S/C44H63NO13/c1-9-23(3)38(48)58-37-35(47)34-26(20-45-19-22(2)10-13-32(45)41(34,6)50)27-18-43-36(44(27,37)52)30(56-24(4)46)17-31-40(43,5)15-14-33(42(31,51)21-55-43)57-39(49)25-11-12-28(53-7)29(16-25)54-8/h11-12,16,22-23,26-27,30-37,47,50-52H,9-10,13-15,17-21H2,1-8H3/t22-,23?,26-,27-,30+,31-,32-,33-,34+,35+,36+,37-,40-,41+,42-,43+,44-/m0/s1. The zero-order valence-electron chi connectivity index (χ0n) is 35.1. The van der Waals surface area contributed by atoms with E-state index in [1.165, 1.54) is 27.2 Å². The van der Waals surface area contributed by atoms with Crippen LogP contribution in [0.25, 0.3) is 0 Å². The lowest BCUT2D eigenvalue weighted by molar-refractivity contribution is -0.365. The molecule has 8 rings (SSSR count). The zero-order valence-corrected chi connectivity index (χ0v) is 35.1. The average Bonchev–Trinajstić information content (AvgIpc) is 3.46. The molecule has 322 valence electrons. The van der Waals surface area contributed by atoms with Crippen LogP contribution in [0.15, 0.2) is 18.2 Å². The van der Waals surface area contributed by atoms with Gasteiger partial charge in [-0.05, 0) is 87.8 Å². The number of aliphatic hydroxyl groups excluding tert-OH is 1. The maximum Gasteiger partial charge on any atom is 0.338 e. The third-order valence-electron chi connectivity index (χ3n) is 16.6. The van der Waals surface area contributed by atoms with Crippen LogP contribution < -0.4 is 9.47 Å². The van der Waals surface area contributed by atoms with Gasteiger partial charge in [0.1, 0.15) is 23.4 Å². The molecule has 17 atom stereocenters. The molecule has 58 heavy (non-hydrogen) atoms. The Bertz CT molecular complexity index is 1810. The van der Waals surface area contributed by atoms with Gasteiger partial charge in [-0.1, -0.05) is 27.7 Å². The molecular weight excluding hydrogens is 750 g/mol. The Balaban J connectivity index is 1.21. The molecule has 1 aromatic carbocycles. The molecular formula is C44H63NO13. The van der Waals surface area contributed by atoms with Crippen LogP contribution in [0.4, 0.5) is 0 Å². The predicted octanol–water partition coefficient (Wildman–Crippen LogP) is 3.28. The molecule has 7 aliphatic rings. The van der Waals surface area contributed by atoms with Crippen LogP contribution in [0, 0.1) is 46.8 Å². The first-order valence-corrected chi connectivity index (χ1v) is 21.4. The van der Waals surface area contributed by atoms with Crippen molar-refractivity contribution in [3.63, 3.8) is 0 Å². The molecule has 3 aliphatic heterocycles. The zero-order chi connectivity index (χ0) is 41.9. The molecule has 0 radical (unpaired) electrons. The third kappa shape index (κ3) is 5.74. The molecule has 1 aromatic rings. The fourth-order valence-electron chi connectivity index (χ4n) is 13.8. The summed E-state index contributed by atoms with van der Waals surface area (Å²) in [4.78, 5) is 42.8. The second kappa shape index (κ2) is 14.3. The normalized spacial score (nSPS) is 46.9. The molecule has 7 fully saturated rings. The number of ether oxygens (including phenoxy) is 6. The molecule has 3 saturated heterocycles. The summed E-state index contributed by atoms with van der Waals surface area (Å²) in [5.41, 5.74) is -6.90. The summed E-state index contributed by atoms with van der Waals surface area (Å²) in [7, 11) is 2.97. The molecule has 1 spiro atoms. The number of carbonyl (C=O) groups excluding carboxylic acids is 3. The van der Waals surface area contributed by atoms with E-state index in [-0.39, 0.29) is 37.5 Å². The van der Waals surface area contributed by atoms with Crippen molar-refractivity contribution in [2.24, 2.45) is 46.8 Å². The largest absolute Gasteiger partial charge is 0.493 e. The smallest absolute Gasteiger partial charge is 0.338 e. The molecule has 4 N–H and O–H groups in total. The lowest BCUT2D eigenvalue weighted by Gasteiger charge is -2.70. The molecule has 0 aromatic heterocycles. The highest BCUT2D eigenvalue weighted by Crippen LogP contribution is 2.75. The number of carbonyl (C=O) groups is 3. The van der Waals surface area contributed by atoms with Gasteiger partial charge in [-0.3, -0.25) is 14.5 Å². The number of fused-ring (bicyclic) bond motifs is 5. The van der Waals surface area contributed by atoms with Crippen LogP contribution in [-0.2, 0) is 28.5 Å². The topological polar surface area (TPSA) is 191 Å². The maximum absolute atomic E-state index is 13.8. The Morgan fingerprint density at radius 2 is 1.72 bits per heavy atom. The molecule has 14 nitrogen and oxygen atoms in total. The van der Waals surface area contributed by atoms with Gasteiger partial charge in [-0.15, -0.1) is 0 Å². The van der Waals surface area contributed by atoms with Gasteiger partial charge in [0.05, 0.1) is 55.5 Å².